The van der Waals surface area contributed by atoms with Crippen LogP contribution >= 0.6 is 11.8 Å². The third-order valence-electron chi connectivity index (χ3n) is 5.94. The molecule has 4 rings (SSSR count). The summed E-state index contributed by atoms with van der Waals surface area (Å²) in [6, 6.07) is 13.9. The van der Waals surface area contributed by atoms with Crippen LogP contribution in [0.1, 0.15) is 38.8 Å². The van der Waals surface area contributed by atoms with Gasteiger partial charge in [0.05, 0.1) is 11.2 Å². The normalized spacial score (nSPS) is 19.1. The molecule has 0 spiro atoms. The van der Waals surface area contributed by atoms with E-state index >= 15 is 0 Å². The van der Waals surface area contributed by atoms with Gasteiger partial charge in [-0.05, 0) is 74.9 Å². The van der Waals surface area contributed by atoms with Crippen molar-refractivity contribution in [1.29, 1.82) is 0 Å². The Labute approximate surface area is 181 Å². The average molecular weight is 428 g/mol. The molecule has 2 aliphatic rings. The van der Waals surface area contributed by atoms with Gasteiger partial charge in [-0.1, -0.05) is 30.0 Å². The molecule has 0 saturated carbocycles. The largest absolute Gasteiger partial charge is 0.495 e. The van der Waals surface area contributed by atoms with Gasteiger partial charge in [-0.2, -0.15) is 0 Å². The van der Waals surface area contributed by atoms with Crippen molar-refractivity contribution in [2.24, 2.45) is 0 Å². The average Bonchev–Trinajstić information content (AvgIpc) is 2.90. The molecule has 2 aromatic carbocycles. The second kappa shape index (κ2) is 8.12. The molecule has 0 aromatic heterocycles. The number of rotatable bonds is 6. The summed E-state index contributed by atoms with van der Waals surface area (Å²) >= 11 is 1.79. The molecule has 0 aliphatic carbocycles. The van der Waals surface area contributed by atoms with Crippen molar-refractivity contribution in [1.82, 2.24) is 0 Å². The predicted octanol–water partition coefficient (Wildman–Crippen LogP) is 3.18. The predicted molar refractivity (Wildman–Crippen MR) is 122 cm³/mol. The summed E-state index contributed by atoms with van der Waals surface area (Å²) in [5.41, 5.74) is 2.90. The lowest BCUT2D eigenvalue weighted by Gasteiger charge is -2.32. The van der Waals surface area contributed by atoms with Crippen LogP contribution in [0.2, 0.25) is 6.04 Å². The first-order valence-electron chi connectivity index (χ1n) is 10.3. The summed E-state index contributed by atoms with van der Waals surface area (Å²) in [4.78, 5) is 2.50. The van der Waals surface area contributed by atoms with Crippen LogP contribution in [0, 0.1) is 0 Å². The van der Waals surface area contributed by atoms with Crippen molar-refractivity contribution in [2.75, 3.05) is 13.4 Å². The van der Waals surface area contributed by atoms with Gasteiger partial charge in [-0.3, -0.25) is 0 Å². The van der Waals surface area contributed by atoms with Gasteiger partial charge in [0.1, 0.15) is 5.75 Å². The molecule has 0 radical (unpaired) electrons. The molecule has 0 bridgehead atoms. The van der Waals surface area contributed by atoms with Crippen molar-refractivity contribution in [2.45, 2.75) is 61.2 Å². The summed E-state index contributed by atoms with van der Waals surface area (Å²) in [7, 11) is 0.731. The Morgan fingerprint density at radius 2 is 1.79 bits per heavy atom. The topological polar surface area (TPSA) is 36.9 Å². The summed E-state index contributed by atoms with van der Waals surface area (Å²) in [5.74, 6) is 0.800. The van der Waals surface area contributed by atoms with Crippen LogP contribution in [-0.2, 0) is 20.5 Å². The van der Waals surface area contributed by atoms with Crippen LogP contribution < -0.4 is 10.2 Å². The second-order valence-corrected chi connectivity index (χ2v) is 10.7. The lowest BCUT2D eigenvalue weighted by atomic mass is 9.74. The number of ether oxygens (including phenoxy) is 2. The van der Waals surface area contributed by atoms with Crippen LogP contribution in [0.5, 0.6) is 5.75 Å². The zero-order chi connectivity index (χ0) is 20.6. The maximum atomic E-state index is 6.39. The van der Waals surface area contributed by atoms with Crippen molar-refractivity contribution in [3.05, 3.63) is 47.5 Å². The Morgan fingerprint density at radius 3 is 2.52 bits per heavy atom. The third-order valence-corrected chi connectivity index (χ3v) is 7.55. The van der Waals surface area contributed by atoms with Crippen LogP contribution in [0.4, 0.5) is 0 Å². The van der Waals surface area contributed by atoms with Gasteiger partial charge in [0.25, 0.3) is 0 Å². The van der Waals surface area contributed by atoms with E-state index in [0.29, 0.717) is 0 Å². The second-order valence-electron chi connectivity index (χ2n) is 8.63. The SMILES string of the molecule is CC1(C)OB(c2cc(OCOCC[SiH3])cc3c2Cc2ccccc2S3)OC1(C)C. The highest BCUT2D eigenvalue weighted by atomic mass is 32.2. The molecule has 29 heavy (non-hydrogen) atoms. The van der Waals surface area contributed by atoms with Gasteiger partial charge in [0, 0.05) is 26.6 Å². The zero-order valence-corrected chi connectivity index (χ0v) is 20.7. The maximum absolute atomic E-state index is 6.39. The lowest BCUT2D eigenvalue weighted by molar-refractivity contribution is 0.00578. The fourth-order valence-corrected chi connectivity index (χ4v) is 4.99. The van der Waals surface area contributed by atoms with E-state index in [1.807, 2.05) is 0 Å². The van der Waals surface area contributed by atoms with Gasteiger partial charge in [0.15, 0.2) is 6.79 Å². The van der Waals surface area contributed by atoms with Crippen molar-refractivity contribution in [3.8, 4) is 5.75 Å². The molecule has 0 N–H and O–H groups in total. The molecule has 2 heterocycles. The van der Waals surface area contributed by atoms with E-state index in [1.54, 1.807) is 11.8 Å². The summed E-state index contributed by atoms with van der Waals surface area (Å²) in [6.45, 7) is 9.38. The molecule has 1 saturated heterocycles. The van der Waals surface area contributed by atoms with Gasteiger partial charge < -0.3 is 18.8 Å². The van der Waals surface area contributed by atoms with Crippen molar-refractivity contribution < 1.29 is 18.8 Å². The molecule has 4 nitrogen and oxygen atoms in total. The van der Waals surface area contributed by atoms with E-state index in [9.17, 15) is 0 Å². The van der Waals surface area contributed by atoms with Crippen LogP contribution in [0.15, 0.2) is 46.2 Å². The van der Waals surface area contributed by atoms with Crippen molar-refractivity contribution >= 4 is 34.6 Å². The standard InChI is InChI=1S/C22H29BO4SSi/c1-21(2)22(3,4)27-23(26-21)18-12-16(25-14-24-9-10-29)13-20-17(18)11-15-7-5-6-8-19(15)28-20/h5-8,12-13H,9-11,14H2,1-4,29H3. The van der Waals surface area contributed by atoms with Crippen LogP contribution in [0.25, 0.3) is 0 Å². The van der Waals surface area contributed by atoms with Gasteiger partial charge in [-0.15, -0.1) is 0 Å². The molecule has 0 amide bonds. The van der Waals surface area contributed by atoms with E-state index in [-0.39, 0.29) is 18.0 Å². The molecular weight excluding hydrogens is 399 g/mol. The van der Waals surface area contributed by atoms with Crippen LogP contribution in [-0.4, -0.2) is 42.0 Å². The van der Waals surface area contributed by atoms with E-state index in [0.717, 1.165) is 40.5 Å². The molecule has 154 valence electrons. The van der Waals surface area contributed by atoms with Crippen molar-refractivity contribution in [3.63, 3.8) is 0 Å². The van der Waals surface area contributed by atoms with E-state index in [1.165, 1.54) is 20.9 Å². The van der Waals surface area contributed by atoms with E-state index in [4.69, 9.17) is 18.8 Å². The highest BCUT2D eigenvalue weighted by Crippen LogP contribution is 2.42. The first kappa shape index (κ1) is 21.0. The Morgan fingerprint density at radius 1 is 1.07 bits per heavy atom. The number of benzene rings is 2. The minimum atomic E-state index is -0.411. The quantitative estimate of drug-likeness (QED) is 0.343. The minimum Gasteiger partial charge on any atom is -0.468 e. The van der Waals surface area contributed by atoms with Gasteiger partial charge in [-0.25, -0.2) is 0 Å². The molecular formula is C22H29BO4SSi. The number of hydrogen-bond acceptors (Lipinski definition) is 5. The Balaban J connectivity index is 1.69. The number of fused-ring (bicyclic) bond motifs is 2. The third kappa shape index (κ3) is 4.16. The summed E-state index contributed by atoms with van der Waals surface area (Å²) in [6.07, 6.45) is 0.870. The fourth-order valence-electron chi connectivity index (χ4n) is 3.56. The highest BCUT2D eigenvalue weighted by molar-refractivity contribution is 7.99. The smallest absolute Gasteiger partial charge is 0.468 e. The molecule has 7 heteroatoms. The van der Waals surface area contributed by atoms with E-state index in [2.05, 4.69) is 64.1 Å². The molecule has 0 atom stereocenters. The monoisotopic (exact) mass is 428 g/mol. The van der Waals surface area contributed by atoms with Gasteiger partial charge >= 0.3 is 7.12 Å². The molecule has 0 unspecified atom stereocenters. The maximum Gasteiger partial charge on any atom is 0.495 e. The first-order chi connectivity index (χ1) is 13.8. The fraction of sp³-hybridized carbons (Fsp3) is 0.455. The Hall–Kier alpha value is -1.25. The van der Waals surface area contributed by atoms with E-state index < -0.39 is 7.12 Å². The zero-order valence-electron chi connectivity index (χ0n) is 17.9. The summed E-state index contributed by atoms with van der Waals surface area (Å²) < 4.78 is 24.3. The van der Waals surface area contributed by atoms with Gasteiger partial charge in [0.2, 0.25) is 0 Å². The molecule has 2 aliphatic heterocycles. The molecule has 1 fully saturated rings. The first-order valence-corrected chi connectivity index (χ1v) is 12.5. The molecule has 2 aromatic rings. The minimum absolute atomic E-state index is 0.269. The Kier molecular flexibility index (Phi) is 5.88. The highest BCUT2D eigenvalue weighted by Gasteiger charge is 2.52. The summed E-state index contributed by atoms with van der Waals surface area (Å²) in [5, 5.41) is 0. The number of hydrogen-bond donors (Lipinski definition) is 0. The van der Waals surface area contributed by atoms with Crippen LogP contribution in [0.3, 0.4) is 0 Å². The Bertz CT molecular complexity index is 886. The lowest BCUT2D eigenvalue weighted by Crippen LogP contribution is -2.41.